The Kier molecular flexibility index (Phi) is 5.98. The SMILES string of the molecule is CCc1ccc(-c2noc(CCC(=O)Nc3ccnn3Cc3ccccc3)n2)cc1. The standard InChI is InChI=1S/C23H23N5O2/c1-2-17-8-10-19(11-9-17)23-26-22(30-27-23)13-12-21(29)25-20-14-15-24-28(20)16-18-6-4-3-5-7-18/h3-11,14-15H,2,12-13,16H2,1H3,(H,25,29). The number of aryl methyl sites for hydroxylation is 2. The van der Waals surface area contributed by atoms with Crippen molar-refractivity contribution in [3.63, 3.8) is 0 Å². The molecule has 30 heavy (non-hydrogen) atoms. The van der Waals surface area contributed by atoms with Gasteiger partial charge in [-0.1, -0.05) is 66.7 Å². The van der Waals surface area contributed by atoms with Crippen LogP contribution in [-0.2, 0) is 24.2 Å². The Hall–Kier alpha value is -3.74. The second-order valence-corrected chi connectivity index (χ2v) is 6.97. The van der Waals surface area contributed by atoms with E-state index >= 15 is 0 Å². The van der Waals surface area contributed by atoms with Gasteiger partial charge in [0.15, 0.2) is 0 Å². The predicted octanol–water partition coefficient (Wildman–Crippen LogP) is 4.12. The first kappa shape index (κ1) is 19.6. The van der Waals surface area contributed by atoms with E-state index in [1.54, 1.807) is 16.9 Å². The van der Waals surface area contributed by atoms with E-state index in [0.717, 1.165) is 17.5 Å². The molecule has 0 aliphatic heterocycles. The number of rotatable bonds is 8. The van der Waals surface area contributed by atoms with E-state index in [1.807, 2.05) is 42.5 Å². The normalized spacial score (nSPS) is 10.8. The van der Waals surface area contributed by atoms with Gasteiger partial charge in [-0.25, -0.2) is 4.68 Å². The fraction of sp³-hybridized carbons (Fsp3) is 0.217. The highest BCUT2D eigenvalue weighted by Crippen LogP contribution is 2.17. The van der Waals surface area contributed by atoms with Gasteiger partial charge in [-0.15, -0.1) is 0 Å². The molecule has 0 spiro atoms. The molecule has 152 valence electrons. The van der Waals surface area contributed by atoms with E-state index < -0.39 is 0 Å². The number of carbonyl (C=O) groups is 1. The molecule has 2 aromatic heterocycles. The second kappa shape index (κ2) is 9.17. The van der Waals surface area contributed by atoms with Crippen LogP contribution >= 0.6 is 0 Å². The minimum absolute atomic E-state index is 0.128. The molecule has 0 atom stereocenters. The van der Waals surface area contributed by atoms with Crippen LogP contribution in [0.5, 0.6) is 0 Å². The van der Waals surface area contributed by atoms with Crippen LogP contribution in [0.25, 0.3) is 11.4 Å². The fourth-order valence-electron chi connectivity index (χ4n) is 3.11. The van der Waals surface area contributed by atoms with Gasteiger partial charge in [-0.3, -0.25) is 4.79 Å². The maximum absolute atomic E-state index is 12.4. The molecule has 4 rings (SSSR count). The third-order valence-corrected chi connectivity index (χ3v) is 4.81. The van der Waals surface area contributed by atoms with Crippen molar-refractivity contribution >= 4 is 11.7 Å². The zero-order chi connectivity index (χ0) is 20.8. The van der Waals surface area contributed by atoms with Crippen molar-refractivity contribution in [3.8, 4) is 11.4 Å². The number of aromatic nitrogens is 4. The molecule has 0 aliphatic rings. The van der Waals surface area contributed by atoms with Crippen molar-refractivity contribution in [3.05, 3.63) is 83.9 Å². The number of benzene rings is 2. The van der Waals surface area contributed by atoms with E-state index in [0.29, 0.717) is 30.5 Å². The lowest BCUT2D eigenvalue weighted by Gasteiger charge is -2.08. The van der Waals surface area contributed by atoms with Gasteiger partial charge in [0, 0.05) is 24.5 Å². The molecule has 0 fully saturated rings. The second-order valence-electron chi connectivity index (χ2n) is 6.97. The average Bonchev–Trinajstić information content (AvgIpc) is 3.43. The molecule has 0 saturated carbocycles. The molecule has 2 aromatic carbocycles. The lowest BCUT2D eigenvalue weighted by atomic mass is 10.1. The number of hydrogen-bond donors (Lipinski definition) is 1. The number of nitrogens with one attached hydrogen (secondary N) is 1. The highest BCUT2D eigenvalue weighted by atomic mass is 16.5. The molecule has 0 radical (unpaired) electrons. The average molecular weight is 401 g/mol. The number of nitrogens with zero attached hydrogens (tertiary/aromatic N) is 4. The Labute approximate surface area is 174 Å². The van der Waals surface area contributed by atoms with Gasteiger partial charge >= 0.3 is 0 Å². The zero-order valence-corrected chi connectivity index (χ0v) is 16.8. The molecule has 1 amide bonds. The quantitative estimate of drug-likeness (QED) is 0.480. The molecule has 0 saturated heterocycles. The van der Waals surface area contributed by atoms with Crippen molar-refractivity contribution in [1.82, 2.24) is 19.9 Å². The van der Waals surface area contributed by atoms with Gasteiger partial charge in [0.25, 0.3) is 0 Å². The fourth-order valence-corrected chi connectivity index (χ4v) is 3.11. The van der Waals surface area contributed by atoms with E-state index in [-0.39, 0.29) is 12.3 Å². The van der Waals surface area contributed by atoms with E-state index in [2.05, 4.69) is 39.6 Å². The Balaban J connectivity index is 1.32. The molecular weight excluding hydrogens is 378 g/mol. The van der Waals surface area contributed by atoms with E-state index in [9.17, 15) is 4.79 Å². The van der Waals surface area contributed by atoms with E-state index in [4.69, 9.17) is 4.52 Å². The summed E-state index contributed by atoms with van der Waals surface area (Å²) in [6.07, 6.45) is 3.27. The third kappa shape index (κ3) is 4.81. The number of hydrogen-bond acceptors (Lipinski definition) is 5. The van der Waals surface area contributed by atoms with Crippen LogP contribution in [0.3, 0.4) is 0 Å². The first-order chi connectivity index (χ1) is 14.7. The van der Waals surface area contributed by atoms with Gasteiger partial charge < -0.3 is 9.84 Å². The van der Waals surface area contributed by atoms with Crippen molar-refractivity contribution in [2.45, 2.75) is 32.7 Å². The van der Waals surface area contributed by atoms with Crippen LogP contribution in [0.2, 0.25) is 0 Å². The minimum atomic E-state index is -0.128. The highest BCUT2D eigenvalue weighted by Gasteiger charge is 2.12. The molecule has 7 heteroatoms. The Morgan fingerprint density at radius 1 is 1.03 bits per heavy atom. The predicted molar refractivity (Wildman–Crippen MR) is 114 cm³/mol. The van der Waals surface area contributed by atoms with Crippen LogP contribution in [0.4, 0.5) is 5.82 Å². The van der Waals surface area contributed by atoms with Crippen LogP contribution in [-0.4, -0.2) is 25.8 Å². The lowest BCUT2D eigenvalue weighted by Crippen LogP contribution is -2.16. The van der Waals surface area contributed by atoms with Crippen molar-refractivity contribution in [2.75, 3.05) is 5.32 Å². The first-order valence-electron chi connectivity index (χ1n) is 9.99. The van der Waals surface area contributed by atoms with Crippen LogP contribution in [0.1, 0.15) is 30.4 Å². The van der Waals surface area contributed by atoms with Crippen LogP contribution in [0.15, 0.2) is 71.4 Å². The minimum Gasteiger partial charge on any atom is -0.339 e. The highest BCUT2D eigenvalue weighted by molar-refractivity contribution is 5.89. The molecule has 0 aliphatic carbocycles. The number of carbonyl (C=O) groups excluding carboxylic acids is 1. The molecule has 4 aromatic rings. The summed E-state index contributed by atoms with van der Waals surface area (Å²) in [5.41, 5.74) is 3.27. The topological polar surface area (TPSA) is 85.8 Å². The molecule has 2 heterocycles. The summed E-state index contributed by atoms with van der Waals surface area (Å²) in [5, 5.41) is 11.2. The van der Waals surface area contributed by atoms with Crippen molar-refractivity contribution in [2.24, 2.45) is 0 Å². The summed E-state index contributed by atoms with van der Waals surface area (Å²) in [6, 6.07) is 19.8. The Morgan fingerprint density at radius 3 is 2.60 bits per heavy atom. The monoisotopic (exact) mass is 401 g/mol. The van der Waals surface area contributed by atoms with Gasteiger partial charge in [0.1, 0.15) is 5.82 Å². The Bertz CT molecular complexity index is 1100. The molecule has 0 unspecified atom stereocenters. The molecule has 7 nitrogen and oxygen atoms in total. The van der Waals surface area contributed by atoms with Gasteiger partial charge in [-0.05, 0) is 17.5 Å². The summed E-state index contributed by atoms with van der Waals surface area (Å²) in [4.78, 5) is 16.8. The maximum Gasteiger partial charge on any atom is 0.227 e. The first-order valence-corrected chi connectivity index (χ1v) is 9.99. The van der Waals surface area contributed by atoms with Crippen LogP contribution < -0.4 is 5.32 Å². The summed E-state index contributed by atoms with van der Waals surface area (Å²) in [5.74, 6) is 1.51. The van der Waals surface area contributed by atoms with Crippen molar-refractivity contribution in [1.29, 1.82) is 0 Å². The number of amides is 1. The Morgan fingerprint density at radius 2 is 1.83 bits per heavy atom. The summed E-state index contributed by atoms with van der Waals surface area (Å²) in [7, 11) is 0. The third-order valence-electron chi connectivity index (χ3n) is 4.81. The maximum atomic E-state index is 12.4. The van der Waals surface area contributed by atoms with Gasteiger partial charge in [-0.2, -0.15) is 10.1 Å². The summed E-state index contributed by atoms with van der Waals surface area (Å²) < 4.78 is 7.07. The summed E-state index contributed by atoms with van der Waals surface area (Å²) >= 11 is 0. The summed E-state index contributed by atoms with van der Waals surface area (Å²) in [6.45, 7) is 2.70. The van der Waals surface area contributed by atoms with Crippen molar-refractivity contribution < 1.29 is 9.32 Å². The largest absolute Gasteiger partial charge is 0.339 e. The van der Waals surface area contributed by atoms with Crippen LogP contribution in [0, 0.1) is 0 Å². The molecular formula is C23H23N5O2. The molecule has 0 bridgehead atoms. The van der Waals surface area contributed by atoms with Gasteiger partial charge in [0.2, 0.25) is 17.6 Å². The smallest absolute Gasteiger partial charge is 0.227 e. The van der Waals surface area contributed by atoms with Gasteiger partial charge in [0.05, 0.1) is 12.7 Å². The lowest BCUT2D eigenvalue weighted by molar-refractivity contribution is -0.116. The van der Waals surface area contributed by atoms with E-state index in [1.165, 1.54) is 5.56 Å². The zero-order valence-electron chi connectivity index (χ0n) is 16.8. The number of anilines is 1. The molecule has 1 N–H and O–H groups in total.